The number of carbonyl (C=O) groups is 1. The van der Waals surface area contributed by atoms with E-state index in [0.29, 0.717) is 13.2 Å². The van der Waals surface area contributed by atoms with Gasteiger partial charge < -0.3 is 9.64 Å². The van der Waals surface area contributed by atoms with Crippen LogP contribution in [0.5, 0.6) is 5.75 Å². The monoisotopic (exact) mass is 301 g/mol. The molecule has 2 aromatic rings. The summed E-state index contributed by atoms with van der Waals surface area (Å²) in [5.74, 6) is 0.514. The van der Waals surface area contributed by atoms with Crippen LogP contribution in [0.25, 0.3) is 0 Å². The largest absolute Gasteiger partial charge is 0.494 e. The second-order valence-electron chi connectivity index (χ2n) is 4.88. The molecule has 1 aromatic heterocycles. The van der Waals surface area contributed by atoms with Crippen LogP contribution in [-0.4, -0.2) is 34.2 Å². The van der Waals surface area contributed by atoms with E-state index in [1.165, 1.54) is 19.2 Å². The Hall–Kier alpha value is -2.63. The van der Waals surface area contributed by atoms with Gasteiger partial charge in [0.2, 0.25) is 0 Å². The van der Waals surface area contributed by atoms with E-state index >= 15 is 0 Å². The summed E-state index contributed by atoms with van der Waals surface area (Å²) >= 11 is 0. The number of ether oxygens (including phenoxy) is 1. The van der Waals surface area contributed by atoms with E-state index in [9.17, 15) is 9.59 Å². The third-order valence-corrected chi connectivity index (χ3v) is 3.21. The molecule has 0 bridgehead atoms. The van der Waals surface area contributed by atoms with Gasteiger partial charge in [-0.25, -0.2) is 4.68 Å². The number of carbonyl (C=O) groups excluding carboxylic acids is 1. The van der Waals surface area contributed by atoms with Gasteiger partial charge in [-0.1, -0.05) is 18.2 Å². The molecule has 0 N–H and O–H groups in total. The van der Waals surface area contributed by atoms with Crippen molar-refractivity contribution in [2.24, 2.45) is 7.05 Å². The number of para-hydroxylation sites is 1. The molecule has 22 heavy (non-hydrogen) atoms. The van der Waals surface area contributed by atoms with Crippen LogP contribution in [0.1, 0.15) is 23.0 Å². The van der Waals surface area contributed by atoms with Crippen molar-refractivity contribution in [2.45, 2.75) is 13.5 Å². The van der Waals surface area contributed by atoms with Gasteiger partial charge in [0.15, 0.2) is 0 Å². The number of hydrogen-bond donors (Lipinski definition) is 0. The minimum atomic E-state index is -0.249. The normalized spacial score (nSPS) is 10.3. The minimum Gasteiger partial charge on any atom is -0.494 e. The first kappa shape index (κ1) is 15.8. The van der Waals surface area contributed by atoms with Crippen molar-refractivity contribution in [3.8, 4) is 5.75 Å². The molecule has 6 heteroatoms. The zero-order valence-electron chi connectivity index (χ0n) is 12.9. The zero-order valence-corrected chi connectivity index (χ0v) is 12.9. The standard InChI is InChI=1S/C16H19N3O3/c1-4-22-14-8-6-5-7-12(14)11-18(2)16(21)13-9-10-15(20)19(3)17-13/h5-10H,4,11H2,1-3H3. The van der Waals surface area contributed by atoms with Crippen molar-refractivity contribution in [1.82, 2.24) is 14.7 Å². The number of amides is 1. The van der Waals surface area contributed by atoms with Crippen LogP contribution in [0.4, 0.5) is 0 Å². The molecule has 0 aliphatic rings. The summed E-state index contributed by atoms with van der Waals surface area (Å²) in [5, 5.41) is 3.98. The van der Waals surface area contributed by atoms with Crippen molar-refractivity contribution >= 4 is 5.91 Å². The van der Waals surface area contributed by atoms with Crippen molar-refractivity contribution in [2.75, 3.05) is 13.7 Å². The molecule has 0 spiro atoms. The topological polar surface area (TPSA) is 64.4 Å². The molecule has 116 valence electrons. The fourth-order valence-corrected chi connectivity index (χ4v) is 2.07. The van der Waals surface area contributed by atoms with Crippen LogP contribution >= 0.6 is 0 Å². The van der Waals surface area contributed by atoms with Gasteiger partial charge >= 0.3 is 0 Å². The first-order valence-corrected chi connectivity index (χ1v) is 7.03. The molecule has 0 atom stereocenters. The molecule has 6 nitrogen and oxygen atoms in total. The van der Waals surface area contributed by atoms with Crippen molar-refractivity contribution in [3.05, 3.63) is 58.0 Å². The van der Waals surface area contributed by atoms with Gasteiger partial charge in [-0.05, 0) is 19.1 Å². The first-order valence-electron chi connectivity index (χ1n) is 7.03. The van der Waals surface area contributed by atoms with Crippen LogP contribution in [-0.2, 0) is 13.6 Å². The number of benzene rings is 1. The number of aromatic nitrogens is 2. The molecule has 0 radical (unpaired) electrons. The second kappa shape index (κ2) is 6.89. The number of nitrogens with zero attached hydrogens (tertiary/aromatic N) is 3. The van der Waals surface area contributed by atoms with E-state index in [0.717, 1.165) is 16.0 Å². The van der Waals surface area contributed by atoms with Crippen LogP contribution in [0.3, 0.4) is 0 Å². The Labute approximate surface area is 128 Å². The summed E-state index contributed by atoms with van der Waals surface area (Å²) < 4.78 is 6.71. The molecule has 1 amide bonds. The van der Waals surface area contributed by atoms with Crippen LogP contribution in [0.15, 0.2) is 41.2 Å². The Kier molecular flexibility index (Phi) is 4.93. The molecule has 0 aliphatic carbocycles. The number of aryl methyl sites for hydroxylation is 1. The van der Waals surface area contributed by atoms with E-state index in [-0.39, 0.29) is 17.2 Å². The third-order valence-electron chi connectivity index (χ3n) is 3.21. The van der Waals surface area contributed by atoms with Crippen molar-refractivity contribution < 1.29 is 9.53 Å². The lowest BCUT2D eigenvalue weighted by Crippen LogP contribution is -2.30. The summed E-state index contributed by atoms with van der Waals surface area (Å²) in [4.78, 5) is 25.3. The van der Waals surface area contributed by atoms with E-state index in [1.54, 1.807) is 11.9 Å². The Morgan fingerprint density at radius 2 is 2.00 bits per heavy atom. The molecule has 1 aromatic carbocycles. The summed E-state index contributed by atoms with van der Waals surface area (Å²) in [6, 6.07) is 10.4. The molecule has 2 rings (SSSR count). The highest BCUT2D eigenvalue weighted by molar-refractivity contribution is 5.91. The smallest absolute Gasteiger partial charge is 0.274 e. The molecule has 0 aliphatic heterocycles. The van der Waals surface area contributed by atoms with Gasteiger partial charge in [0.25, 0.3) is 11.5 Å². The highest BCUT2D eigenvalue weighted by Gasteiger charge is 2.16. The van der Waals surface area contributed by atoms with Gasteiger partial charge in [0.05, 0.1) is 6.61 Å². The average molecular weight is 301 g/mol. The quantitative estimate of drug-likeness (QED) is 0.838. The van der Waals surface area contributed by atoms with Gasteiger partial charge in [-0.15, -0.1) is 0 Å². The molecule has 0 unspecified atom stereocenters. The Morgan fingerprint density at radius 1 is 1.27 bits per heavy atom. The van der Waals surface area contributed by atoms with Gasteiger partial charge in [0.1, 0.15) is 11.4 Å². The Balaban J connectivity index is 2.18. The summed E-state index contributed by atoms with van der Waals surface area (Å²) in [6.45, 7) is 2.89. The molecule has 1 heterocycles. The van der Waals surface area contributed by atoms with Gasteiger partial charge in [-0.3, -0.25) is 9.59 Å². The van der Waals surface area contributed by atoms with Crippen LogP contribution in [0.2, 0.25) is 0 Å². The summed E-state index contributed by atoms with van der Waals surface area (Å²) in [5.41, 5.74) is 0.907. The maximum Gasteiger partial charge on any atom is 0.274 e. The summed E-state index contributed by atoms with van der Waals surface area (Å²) in [7, 11) is 3.21. The zero-order chi connectivity index (χ0) is 16.1. The molecular weight excluding hydrogens is 282 g/mol. The highest BCUT2D eigenvalue weighted by atomic mass is 16.5. The maximum atomic E-state index is 12.4. The predicted octanol–water partition coefficient (Wildman–Crippen LogP) is 1.45. The maximum absolute atomic E-state index is 12.4. The van der Waals surface area contributed by atoms with Crippen molar-refractivity contribution in [3.63, 3.8) is 0 Å². The summed E-state index contributed by atoms with van der Waals surface area (Å²) in [6.07, 6.45) is 0. The SMILES string of the molecule is CCOc1ccccc1CN(C)C(=O)c1ccc(=O)n(C)n1. The fourth-order valence-electron chi connectivity index (χ4n) is 2.07. The lowest BCUT2D eigenvalue weighted by molar-refractivity contribution is 0.0775. The molecular formula is C16H19N3O3. The molecule has 0 saturated heterocycles. The average Bonchev–Trinajstić information content (AvgIpc) is 2.51. The van der Waals surface area contributed by atoms with E-state index in [1.807, 2.05) is 31.2 Å². The van der Waals surface area contributed by atoms with E-state index in [2.05, 4.69) is 5.10 Å². The lowest BCUT2D eigenvalue weighted by Gasteiger charge is -2.19. The second-order valence-corrected chi connectivity index (χ2v) is 4.88. The lowest BCUT2D eigenvalue weighted by atomic mass is 10.2. The number of rotatable bonds is 5. The predicted molar refractivity (Wildman–Crippen MR) is 82.9 cm³/mol. The van der Waals surface area contributed by atoms with Gasteiger partial charge in [-0.2, -0.15) is 5.10 Å². The Morgan fingerprint density at radius 3 is 2.68 bits per heavy atom. The Bertz CT molecular complexity index is 725. The molecule has 0 fully saturated rings. The van der Waals surface area contributed by atoms with Crippen LogP contribution in [0, 0.1) is 0 Å². The minimum absolute atomic E-state index is 0.235. The first-order chi connectivity index (χ1) is 10.5. The molecule has 0 saturated carbocycles. The highest BCUT2D eigenvalue weighted by Crippen LogP contribution is 2.19. The van der Waals surface area contributed by atoms with Crippen molar-refractivity contribution in [1.29, 1.82) is 0 Å². The van der Waals surface area contributed by atoms with E-state index < -0.39 is 0 Å². The fraction of sp³-hybridized carbons (Fsp3) is 0.312. The van der Waals surface area contributed by atoms with E-state index in [4.69, 9.17) is 4.74 Å². The van der Waals surface area contributed by atoms with Gasteiger partial charge in [0, 0.05) is 32.3 Å². The third kappa shape index (κ3) is 3.52. The van der Waals surface area contributed by atoms with Crippen LogP contribution < -0.4 is 10.3 Å². The number of hydrogen-bond acceptors (Lipinski definition) is 4.